The van der Waals surface area contributed by atoms with E-state index in [1.165, 1.54) is 4.88 Å². The Morgan fingerprint density at radius 1 is 1.17 bits per heavy atom. The van der Waals surface area contributed by atoms with Crippen LogP contribution in [0.3, 0.4) is 0 Å². The van der Waals surface area contributed by atoms with E-state index in [1.807, 2.05) is 24.3 Å². The van der Waals surface area contributed by atoms with Crippen molar-refractivity contribution in [3.8, 4) is 10.6 Å². The second kappa shape index (κ2) is 4.61. The molecule has 0 fully saturated rings. The van der Waals surface area contributed by atoms with Crippen LogP contribution >= 0.6 is 38.9 Å². The molecule has 2 nitrogen and oxygen atoms in total. The molecular formula is C13H8BrClN2S. The van der Waals surface area contributed by atoms with Crippen LogP contribution in [0.15, 0.2) is 34.8 Å². The van der Waals surface area contributed by atoms with E-state index in [0.29, 0.717) is 5.15 Å². The summed E-state index contributed by atoms with van der Waals surface area (Å²) in [5.41, 5.74) is 0.883. The first kappa shape index (κ1) is 12.1. The maximum atomic E-state index is 6.07. The highest BCUT2D eigenvalue weighted by molar-refractivity contribution is 9.10. The van der Waals surface area contributed by atoms with Crippen LogP contribution in [0.5, 0.6) is 0 Å². The van der Waals surface area contributed by atoms with Crippen LogP contribution in [0.4, 0.5) is 0 Å². The molecule has 5 heteroatoms. The van der Waals surface area contributed by atoms with Crippen LogP contribution in [0.1, 0.15) is 4.88 Å². The minimum atomic E-state index is 0.446. The quantitative estimate of drug-likeness (QED) is 0.617. The molecule has 0 atom stereocenters. The molecule has 0 aliphatic rings. The highest BCUT2D eigenvalue weighted by atomic mass is 79.9. The molecule has 0 spiro atoms. The second-order valence-corrected chi connectivity index (χ2v) is 6.37. The number of halogens is 2. The fraction of sp³-hybridized carbons (Fsp3) is 0.0769. The van der Waals surface area contributed by atoms with E-state index in [4.69, 9.17) is 11.6 Å². The summed E-state index contributed by atoms with van der Waals surface area (Å²) in [6.45, 7) is 2.07. The predicted octanol–water partition coefficient (Wildman–Crippen LogP) is 5.08. The number of hydrogen-bond acceptors (Lipinski definition) is 3. The normalized spacial score (nSPS) is 11.1. The van der Waals surface area contributed by atoms with Gasteiger partial charge in [-0.1, -0.05) is 35.9 Å². The third-order valence-corrected chi connectivity index (χ3v) is 5.16. The molecule has 0 aliphatic heterocycles. The van der Waals surface area contributed by atoms with E-state index in [1.54, 1.807) is 11.3 Å². The molecule has 2 aromatic heterocycles. The van der Waals surface area contributed by atoms with E-state index >= 15 is 0 Å². The highest BCUT2D eigenvalue weighted by Gasteiger charge is 2.12. The van der Waals surface area contributed by atoms with Crippen molar-refractivity contribution in [2.75, 3.05) is 0 Å². The first-order valence-corrected chi connectivity index (χ1v) is 7.33. The van der Waals surface area contributed by atoms with Gasteiger partial charge in [0.25, 0.3) is 0 Å². The summed E-state index contributed by atoms with van der Waals surface area (Å²) >= 11 is 11.3. The summed E-state index contributed by atoms with van der Waals surface area (Å²) in [7, 11) is 0. The Morgan fingerprint density at radius 2 is 1.89 bits per heavy atom. The van der Waals surface area contributed by atoms with Gasteiger partial charge in [0, 0.05) is 20.1 Å². The molecule has 1 aromatic carbocycles. The number of aromatic nitrogens is 2. The molecule has 0 unspecified atom stereocenters. The van der Waals surface area contributed by atoms with Crippen molar-refractivity contribution in [1.82, 2.24) is 10.2 Å². The van der Waals surface area contributed by atoms with Crippen molar-refractivity contribution in [3.05, 3.63) is 44.8 Å². The molecule has 0 saturated carbocycles. The molecule has 0 bridgehead atoms. The zero-order valence-corrected chi connectivity index (χ0v) is 12.6. The average molecular weight is 340 g/mol. The summed E-state index contributed by atoms with van der Waals surface area (Å²) in [5, 5.41) is 10.7. The first-order valence-electron chi connectivity index (χ1n) is 5.34. The second-order valence-electron chi connectivity index (χ2n) is 3.90. The number of aryl methyl sites for hydroxylation is 1. The van der Waals surface area contributed by atoms with Crippen LogP contribution in [-0.2, 0) is 0 Å². The standard InChI is InChI=1S/C13H8BrClN2S/c1-7-10(14)6-11(18-7)12-8-4-2-3-5-9(8)13(15)17-16-12/h2-6H,1H3. The summed E-state index contributed by atoms with van der Waals surface area (Å²) in [6.07, 6.45) is 0. The molecule has 0 saturated heterocycles. The number of thiophene rings is 1. The molecule has 0 radical (unpaired) electrons. The largest absolute Gasteiger partial charge is 0.159 e. The van der Waals surface area contributed by atoms with Crippen LogP contribution in [0.25, 0.3) is 21.3 Å². The fourth-order valence-corrected chi connectivity index (χ4v) is 3.57. The van der Waals surface area contributed by atoms with Crippen molar-refractivity contribution in [2.45, 2.75) is 6.92 Å². The number of benzene rings is 1. The lowest BCUT2D eigenvalue weighted by Crippen LogP contribution is -1.89. The lowest BCUT2D eigenvalue weighted by molar-refractivity contribution is 1.06. The lowest BCUT2D eigenvalue weighted by Gasteiger charge is -2.03. The Balaban J connectivity index is 2.33. The maximum Gasteiger partial charge on any atom is 0.159 e. The van der Waals surface area contributed by atoms with Gasteiger partial charge in [-0.2, -0.15) is 0 Å². The van der Waals surface area contributed by atoms with Crippen LogP contribution in [0, 0.1) is 6.92 Å². The third kappa shape index (κ3) is 1.94. The van der Waals surface area contributed by atoms with Crippen molar-refractivity contribution >= 4 is 49.6 Å². The SMILES string of the molecule is Cc1sc(-c2nnc(Cl)c3ccccc23)cc1Br. The highest BCUT2D eigenvalue weighted by Crippen LogP contribution is 2.37. The van der Waals surface area contributed by atoms with Crippen LogP contribution < -0.4 is 0 Å². The van der Waals surface area contributed by atoms with E-state index in [0.717, 1.165) is 25.8 Å². The number of fused-ring (bicyclic) bond motifs is 1. The van der Waals surface area contributed by atoms with Gasteiger partial charge in [0.05, 0.1) is 4.88 Å². The molecule has 0 N–H and O–H groups in total. The predicted molar refractivity (Wildman–Crippen MR) is 80.3 cm³/mol. The molecular weight excluding hydrogens is 332 g/mol. The molecule has 3 aromatic rings. The van der Waals surface area contributed by atoms with E-state index in [2.05, 4.69) is 39.1 Å². The van der Waals surface area contributed by atoms with Gasteiger partial charge in [-0.15, -0.1) is 21.5 Å². The summed E-state index contributed by atoms with van der Waals surface area (Å²) in [4.78, 5) is 2.32. The van der Waals surface area contributed by atoms with Gasteiger partial charge in [-0.05, 0) is 28.9 Å². The van der Waals surface area contributed by atoms with Crippen molar-refractivity contribution in [1.29, 1.82) is 0 Å². The fourth-order valence-electron chi connectivity index (χ4n) is 1.83. The molecule has 2 heterocycles. The smallest absolute Gasteiger partial charge is 0.147 e. The Labute approximate surface area is 122 Å². The van der Waals surface area contributed by atoms with Crippen molar-refractivity contribution < 1.29 is 0 Å². The Morgan fingerprint density at radius 3 is 2.56 bits per heavy atom. The minimum Gasteiger partial charge on any atom is -0.147 e. The van der Waals surface area contributed by atoms with Gasteiger partial charge in [0.2, 0.25) is 0 Å². The third-order valence-electron chi connectivity index (χ3n) is 2.73. The number of rotatable bonds is 1. The zero-order valence-electron chi connectivity index (χ0n) is 9.45. The Kier molecular flexibility index (Phi) is 3.09. The number of nitrogens with zero attached hydrogens (tertiary/aromatic N) is 2. The Bertz CT molecular complexity index is 719. The van der Waals surface area contributed by atoms with Crippen molar-refractivity contribution in [2.24, 2.45) is 0 Å². The lowest BCUT2D eigenvalue weighted by atomic mass is 10.1. The molecule has 0 aliphatic carbocycles. The van der Waals surface area contributed by atoms with Gasteiger partial charge >= 0.3 is 0 Å². The van der Waals surface area contributed by atoms with Gasteiger partial charge < -0.3 is 0 Å². The van der Waals surface area contributed by atoms with Crippen molar-refractivity contribution in [3.63, 3.8) is 0 Å². The summed E-state index contributed by atoms with van der Waals surface area (Å²) in [5.74, 6) is 0. The van der Waals surface area contributed by atoms with Crippen LogP contribution in [0.2, 0.25) is 5.15 Å². The van der Waals surface area contributed by atoms with Crippen LogP contribution in [-0.4, -0.2) is 10.2 Å². The van der Waals surface area contributed by atoms with Gasteiger partial charge in [-0.3, -0.25) is 0 Å². The monoisotopic (exact) mass is 338 g/mol. The van der Waals surface area contributed by atoms with Gasteiger partial charge in [0.1, 0.15) is 5.69 Å². The molecule has 90 valence electrons. The maximum absolute atomic E-state index is 6.07. The minimum absolute atomic E-state index is 0.446. The first-order chi connectivity index (χ1) is 8.66. The van der Waals surface area contributed by atoms with Gasteiger partial charge in [-0.25, -0.2) is 0 Å². The summed E-state index contributed by atoms with van der Waals surface area (Å²) < 4.78 is 1.10. The van der Waals surface area contributed by atoms with E-state index in [9.17, 15) is 0 Å². The van der Waals surface area contributed by atoms with Gasteiger partial charge in [0.15, 0.2) is 5.15 Å². The average Bonchev–Trinajstić information content (AvgIpc) is 2.70. The molecule has 3 rings (SSSR count). The topological polar surface area (TPSA) is 25.8 Å². The summed E-state index contributed by atoms with van der Waals surface area (Å²) in [6, 6.07) is 10.00. The molecule has 0 amide bonds. The number of hydrogen-bond donors (Lipinski definition) is 0. The van der Waals surface area contributed by atoms with E-state index in [-0.39, 0.29) is 0 Å². The zero-order chi connectivity index (χ0) is 12.7. The van der Waals surface area contributed by atoms with E-state index < -0.39 is 0 Å². The Hall–Kier alpha value is -0.970. The molecule has 18 heavy (non-hydrogen) atoms.